The molecule has 0 amide bonds. The summed E-state index contributed by atoms with van der Waals surface area (Å²) in [6.07, 6.45) is 1.05. The van der Waals surface area contributed by atoms with Crippen LogP contribution in [0.5, 0.6) is 5.75 Å². The summed E-state index contributed by atoms with van der Waals surface area (Å²) in [7, 11) is 1.62. The lowest BCUT2D eigenvalue weighted by Crippen LogP contribution is -2.00. The standard InChI is InChI=1S/C16H18ClNO/c1-3-12-5-4-6-14(9-12)18-11-13-7-8-16(19-2)15(17)10-13/h4-10,18H,3,11H2,1-2H3. The van der Waals surface area contributed by atoms with Crippen LogP contribution in [-0.4, -0.2) is 7.11 Å². The maximum atomic E-state index is 6.11. The van der Waals surface area contributed by atoms with Crippen LogP contribution in [0.15, 0.2) is 42.5 Å². The van der Waals surface area contributed by atoms with Crippen LogP contribution in [0.25, 0.3) is 0 Å². The normalized spacial score (nSPS) is 10.3. The predicted octanol–water partition coefficient (Wildman–Crippen LogP) is 4.52. The summed E-state index contributed by atoms with van der Waals surface area (Å²) < 4.78 is 5.14. The van der Waals surface area contributed by atoms with Gasteiger partial charge >= 0.3 is 0 Å². The highest BCUT2D eigenvalue weighted by molar-refractivity contribution is 6.32. The molecule has 100 valence electrons. The number of aryl methyl sites for hydroxylation is 1. The van der Waals surface area contributed by atoms with E-state index in [2.05, 4.69) is 36.5 Å². The van der Waals surface area contributed by atoms with E-state index in [1.807, 2.05) is 18.2 Å². The van der Waals surface area contributed by atoms with Gasteiger partial charge in [0.1, 0.15) is 5.75 Å². The number of methoxy groups -OCH3 is 1. The second kappa shape index (κ2) is 6.48. The summed E-state index contributed by atoms with van der Waals surface area (Å²) in [6, 6.07) is 14.3. The molecule has 0 spiro atoms. The topological polar surface area (TPSA) is 21.3 Å². The monoisotopic (exact) mass is 275 g/mol. The Morgan fingerprint density at radius 1 is 1.11 bits per heavy atom. The minimum Gasteiger partial charge on any atom is -0.495 e. The third kappa shape index (κ3) is 3.65. The van der Waals surface area contributed by atoms with Gasteiger partial charge < -0.3 is 10.1 Å². The molecule has 2 aromatic rings. The van der Waals surface area contributed by atoms with E-state index in [4.69, 9.17) is 16.3 Å². The van der Waals surface area contributed by atoms with Crippen molar-refractivity contribution in [1.82, 2.24) is 0 Å². The van der Waals surface area contributed by atoms with Crippen molar-refractivity contribution in [2.45, 2.75) is 19.9 Å². The van der Waals surface area contributed by atoms with Crippen molar-refractivity contribution >= 4 is 17.3 Å². The van der Waals surface area contributed by atoms with Gasteiger partial charge in [-0.2, -0.15) is 0 Å². The maximum Gasteiger partial charge on any atom is 0.137 e. The van der Waals surface area contributed by atoms with Crippen molar-refractivity contribution in [3.8, 4) is 5.75 Å². The number of halogens is 1. The second-order valence-electron chi connectivity index (χ2n) is 4.38. The van der Waals surface area contributed by atoms with Gasteiger partial charge in [-0.1, -0.05) is 36.7 Å². The third-order valence-electron chi connectivity index (χ3n) is 3.05. The lowest BCUT2D eigenvalue weighted by molar-refractivity contribution is 0.415. The molecule has 2 nitrogen and oxygen atoms in total. The lowest BCUT2D eigenvalue weighted by Gasteiger charge is -2.09. The molecule has 0 heterocycles. The van der Waals surface area contributed by atoms with E-state index in [-0.39, 0.29) is 0 Å². The first-order valence-electron chi connectivity index (χ1n) is 6.38. The Morgan fingerprint density at radius 3 is 2.63 bits per heavy atom. The maximum absolute atomic E-state index is 6.11. The van der Waals surface area contributed by atoms with Gasteiger partial charge in [0.2, 0.25) is 0 Å². The molecule has 0 aliphatic carbocycles. The third-order valence-corrected chi connectivity index (χ3v) is 3.34. The fraction of sp³-hybridized carbons (Fsp3) is 0.250. The summed E-state index contributed by atoms with van der Waals surface area (Å²) in [6.45, 7) is 2.90. The van der Waals surface area contributed by atoms with E-state index >= 15 is 0 Å². The van der Waals surface area contributed by atoms with Crippen molar-refractivity contribution in [1.29, 1.82) is 0 Å². The van der Waals surface area contributed by atoms with Crippen molar-refractivity contribution in [2.24, 2.45) is 0 Å². The van der Waals surface area contributed by atoms with Gasteiger partial charge in [-0.15, -0.1) is 0 Å². The summed E-state index contributed by atoms with van der Waals surface area (Å²) >= 11 is 6.11. The first kappa shape index (κ1) is 13.8. The van der Waals surface area contributed by atoms with Crippen molar-refractivity contribution in [2.75, 3.05) is 12.4 Å². The van der Waals surface area contributed by atoms with Gasteiger partial charge in [-0.25, -0.2) is 0 Å². The molecule has 2 rings (SSSR count). The number of rotatable bonds is 5. The van der Waals surface area contributed by atoms with Crippen LogP contribution < -0.4 is 10.1 Å². The molecule has 0 saturated carbocycles. The van der Waals surface area contributed by atoms with E-state index in [9.17, 15) is 0 Å². The van der Waals surface area contributed by atoms with Gasteiger partial charge in [0.25, 0.3) is 0 Å². The predicted molar refractivity (Wildman–Crippen MR) is 81.2 cm³/mol. The molecule has 0 aliphatic rings. The zero-order valence-corrected chi connectivity index (χ0v) is 12.0. The molecule has 0 aliphatic heterocycles. The van der Waals surface area contributed by atoms with Gasteiger partial charge in [-0.05, 0) is 41.8 Å². The fourth-order valence-electron chi connectivity index (χ4n) is 1.93. The average molecular weight is 276 g/mol. The first-order chi connectivity index (χ1) is 9.22. The number of nitrogens with one attached hydrogen (secondary N) is 1. The van der Waals surface area contributed by atoms with Gasteiger partial charge in [0.05, 0.1) is 12.1 Å². The van der Waals surface area contributed by atoms with Crippen LogP contribution in [0.1, 0.15) is 18.1 Å². The minimum absolute atomic E-state index is 0.643. The molecule has 0 fully saturated rings. The van der Waals surface area contributed by atoms with E-state index < -0.39 is 0 Å². The Bertz CT molecular complexity index is 554. The van der Waals surface area contributed by atoms with Crippen LogP contribution in [0.2, 0.25) is 5.02 Å². The summed E-state index contributed by atoms with van der Waals surface area (Å²) in [5, 5.41) is 4.04. The van der Waals surface area contributed by atoms with E-state index in [0.717, 1.165) is 24.2 Å². The van der Waals surface area contributed by atoms with Crippen LogP contribution >= 0.6 is 11.6 Å². The lowest BCUT2D eigenvalue weighted by atomic mass is 10.1. The molecule has 0 atom stereocenters. The van der Waals surface area contributed by atoms with E-state index in [1.54, 1.807) is 7.11 Å². The Kier molecular flexibility index (Phi) is 4.69. The Balaban J connectivity index is 2.03. The van der Waals surface area contributed by atoms with E-state index in [1.165, 1.54) is 5.56 Å². The van der Waals surface area contributed by atoms with Crippen LogP contribution in [0.3, 0.4) is 0 Å². The molecule has 19 heavy (non-hydrogen) atoms. The van der Waals surface area contributed by atoms with Crippen molar-refractivity contribution < 1.29 is 4.74 Å². The van der Waals surface area contributed by atoms with Crippen molar-refractivity contribution in [3.05, 3.63) is 58.6 Å². The number of hydrogen-bond donors (Lipinski definition) is 1. The molecule has 0 unspecified atom stereocenters. The molecule has 2 aromatic carbocycles. The van der Waals surface area contributed by atoms with E-state index in [0.29, 0.717) is 10.8 Å². The molecule has 0 saturated heterocycles. The average Bonchev–Trinajstić information content (AvgIpc) is 2.45. The highest BCUT2D eigenvalue weighted by atomic mass is 35.5. The summed E-state index contributed by atoms with van der Waals surface area (Å²) in [5.41, 5.74) is 3.59. The molecule has 0 aromatic heterocycles. The smallest absolute Gasteiger partial charge is 0.137 e. The molecule has 1 N–H and O–H groups in total. The number of benzene rings is 2. The Hall–Kier alpha value is -1.67. The Labute approximate surface area is 119 Å². The highest BCUT2D eigenvalue weighted by Crippen LogP contribution is 2.25. The van der Waals surface area contributed by atoms with Crippen LogP contribution in [-0.2, 0) is 13.0 Å². The minimum atomic E-state index is 0.643. The molecular formula is C16H18ClNO. The second-order valence-corrected chi connectivity index (χ2v) is 4.78. The molecular weight excluding hydrogens is 258 g/mol. The molecule has 0 radical (unpaired) electrons. The molecule has 0 bridgehead atoms. The fourth-order valence-corrected chi connectivity index (χ4v) is 2.21. The molecule has 3 heteroatoms. The van der Waals surface area contributed by atoms with Crippen molar-refractivity contribution in [3.63, 3.8) is 0 Å². The largest absolute Gasteiger partial charge is 0.495 e. The number of anilines is 1. The van der Waals surface area contributed by atoms with Gasteiger partial charge in [0, 0.05) is 12.2 Å². The highest BCUT2D eigenvalue weighted by Gasteiger charge is 2.02. The zero-order chi connectivity index (χ0) is 13.7. The van der Waals surface area contributed by atoms with Crippen LogP contribution in [0.4, 0.5) is 5.69 Å². The Morgan fingerprint density at radius 2 is 1.95 bits per heavy atom. The summed E-state index contributed by atoms with van der Waals surface area (Å²) in [5.74, 6) is 0.707. The zero-order valence-electron chi connectivity index (χ0n) is 11.2. The quantitative estimate of drug-likeness (QED) is 0.866. The number of hydrogen-bond acceptors (Lipinski definition) is 2. The van der Waals surface area contributed by atoms with Gasteiger partial charge in [-0.3, -0.25) is 0 Å². The van der Waals surface area contributed by atoms with Gasteiger partial charge in [0.15, 0.2) is 0 Å². The van der Waals surface area contributed by atoms with Crippen LogP contribution in [0, 0.1) is 0 Å². The first-order valence-corrected chi connectivity index (χ1v) is 6.76. The number of ether oxygens (including phenoxy) is 1. The summed E-state index contributed by atoms with van der Waals surface area (Å²) in [4.78, 5) is 0. The SMILES string of the molecule is CCc1cccc(NCc2ccc(OC)c(Cl)c2)c1.